The predicted octanol–water partition coefficient (Wildman–Crippen LogP) is 2.99. The minimum Gasteiger partial charge on any atom is -0.388 e. The number of hydrogen-bond acceptors (Lipinski definition) is 2. The lowest BCUT2D eigenvalue weighted by molar-refractivity contribution is 0.0521. The van der Waals surface area contributed by atoms with Gasteiger partial charge in [-0.25, -0.2) is 0 Å². The number of nitrogens with zero attached hydrogens (tertiary/aromatic N) is 1. The van der Waals surface area contributed by atoms with Gasteiger partial charge in [0.25, 0.3) is 0 Å². The van der Waals surface area contributed by atoms with E-state index in [-0.39, 0.29) is 0 Å². The maximum absolute atomic E-state index is 10.6. The van der Waals surface area contributed by atoms with Crippen LogP contribution in [-0.2, 0) is 6.42 Å². The third kappa shape index (κ3) is 2.76. The molecule has 1 saturated heterocycles. The summed E-state index contributed by atoms with van der Waals surface area (Å²) in [6, 6.07) is 5.84. The molecule has 0 bridgehead atoms. The molecule has 4 heteroatoms. The van der Waals surface area contributed by atoms with Crippen molar-refractivity contribution in [1.29, 1.82) is 0 Å². The SMILES string of the molecule is CC1CC(O)(Cc2c(Cl)cccc2Cl)CN1C. The fraction of sp³-hybridized carbons (Fsp3) is 0.538. The maximum Gasteiger partial charge on any atom is 0.0830 e. The van der Waals surface area contributed by atoms with E-state index in [0.29, 0.717) is 29.1 Å². The molecule has 2 atom stereocenters. The summed E-state index contributed by atoms with van der Waals surface area (Å²) in [7, 11) is 2.02. The molecule has 1 aliphatic rings. The van der Waals surface area contributed by atoms with Gasteiger partial charge < -0.3 is 10.0 Å². The van der Waals surface area contributed by atoms with E-state index in [1.165, 1.54) is 0 Å². The number of aliphatic hydroxyl groups is 1. The average molecular weight is 274 g/mol. The highest BCUT2D eigenvalue weighted by Gasteiger charge is 2.39. The first-order valence-electron chi connectivity index (χ1n) is 5.77. The maximum atomic E-state index is 10.6. The molecule has 0 saturated carbocycles. The van der Waals surface area contributed by atoms with E-state index in [2.05, 4.69) is 11.8 Å². The van der Waals surface area contributed by atoms with Gasteiger partial charge in [-0.2, -0.15) is 0 Å². The van der Waals surface area contributed by atoms with Crippen molar-refractivity contribution < 1.29 is 5.11 Å². The van der Waals surface area contributed by atoms with Crippen LogP contribution in [0, 0.1) is 0 Å². The van der Waals surface area contributed by atoms with Crippen LogP contribution in [-0.4, -0.2) is 35.2 Å². The Kier molecular flexibility index (Phi) is 3.69. The summed E-state index contributed by atoms with van der Waals surface area (Å²) in [4.78, 5) is 2.16. The highest BCUT2D eigenvalue weighted by Crippen LogP contribution is 2.34. The van der Waals surface area contributed by atoms with Crippen molar-refractivity contribution >= 4 is 23.2 Å². The summed E-state index contributed by atoms with van der Waals surface area (Å²) >= 11 is 12.3. The lowest BCUT2D eigenvalue weighted by Crippen LogP contribution is -2.34. The van der Waals surface area contributed by atoms with Crippen LogP contribution in [0.5, 0.6) is 0 Å². The predicted molar refractivity (Wildman–Crippen MR) is 71.8 cm³/mol. The molecule has 1 heterocycles. The number of benzene rings is 1. The van der Waals surface area contributed by atoms with Crippen molar-refractivity contribution in [2.24, 2.45) is 0 Å². The second kappa shape index (κ2) is 4.77. The van der Waals surface area contributed by atoms with Gasteiger partial charge in [0.15, 0.2) is 0 Å². The van der Waals surface area contributed by atoms with Crippen molar-refractivity contribution in [1.82, 2.24) is 4.90 Å². The first-order valence-corrected chi connectivity index (χ1v) is 6.52. The van der Waals surface area contributed by atoms with Gasteiger partial charge >= 0.3 is 0 Å². The molecule has 1 aliphatic heterocycles. The van der Waals surface area contributed by atoms with Crippen LogP contribution in [0.2, 0.25) is 10.0 Å². The Bertz CT molecular complexity index is 392. The molecule has 0 spiro atoms. The normalized spacial score (nSPS) is 29.8. The Hall–Kier alpha value is -0.280. The van der Waals surface area contributed by atoms with E-state index in [1.54, 1.807) is 0 Å². The van der Waals surface area contributed by atoms with Crippen molar-refractivity contribution in [3.63, 3.8) is 0 Å². The molecule has 94 valence electrons. The average Bonchev–Trinajstić information content (AvgIpc) is 2.48. The first-order chi connectivity index (χ1) is 7.91. The zero-order valence-electron chi connectivity index (χ0n) is 10.1. The molecule has 2 unspecified atom stereocenters. The van der Waals surface area contributed by atoms with Gasteiger partial charge in [-0.3, -0.25) is 0 Å². The van der Waals surface area contributed by atoms with Crippen molar-refractivity contribution in [3.05, 3.63) is 33.8 Å². The fourth-order valence-corrected chi connectivity index (χ4v) is 3.08. The van der Waals surface area contributed by atoms with Gasteiger partial charge in [0, 0.05) is 29.1 Å². The smallest absolute Gasteiger partial charge is 0.0830 e. The van der Waals surface area contributed by atoms with E-state index in [1.807, 2.05) is 25.2 Å². The number of β-amino-alcohol motifs (C(OH)–C–C–N with tert-alkyl or cyclic N) is 1. The van der Waals surface area contributed by atoms with E-state index < -0.39 is 5.60 Å². The summed E-state index contributed by atoms with van der Waals surface area (Å²) in [6.45, 7) is 2.78. The molecule has 1 N–H and O–H groups in total. The summed E-state index contributed by atoms with van der Waals surface area (Å²) in [5, 5.41) is 11.8. The minimum absolute atomic E-state index is 0.390. The molecule has 0 radical (unpaired) electrons. The zero-order chi connectivity index (χ0) is 12.6. The van der Waals surface area contributed by atoms with Gasteiger partial charge in [-0.05, 0) is 38.1 Å². The Morgan fingerprint density at radius 2 is 2.00 bits per heavy atom. The molecule has 17 heavy (non-hydrogen) atoms. The van der Waals surface area contributed by atoms with E-state index in [4.69, 9.17) is 23.2 Å². The lowest BCUT2D eigenvalue weighted by atomic mass is 9.92. The molecule has 0 aromatic heterocycles. The fourth-order valence-electron chi connectivity index (χ4n) is 2.55. The van der Waals surface area contributed by atoms with Crippen LogP contribution in [0.1, 0.15) is 18.9 Å². The highest BCUT2D eigenvalue weighted by atomic mass is 35.5. The van der Waals surface area contributed by atoms with E-state index in [0.717, 1.165) is 12.0 Å². The van der Waals surface area contributed by atoms with Gasteiger partial charge in [-0.15, -0.1) is 0 Å². The minimum atomic E-state index is -0.719. The second-order valence-corrected chi connectivity index (χ2v) is 5.88. The Labute approximate surface area is 112 Å². The van der Waals surface area contributed by atoms with Crippen LogP contribution in [0.3, 0.4) is 0 Å². The number of rotatable bonds is 2. The topological polar surface area (TPSA) is 23.5 Å². The molecule has 0 amide bonds. The quantitative estimate of drug-likeness (QED) is 0.896. The molecular weight excluding hydrogens is 257 g/mol. The molecule has 0 aliphatic carbocycles. The van der Waals surface area contributed by atoms with E-state index in [9.17, 15) is 5.11 Å². The standard InChI is InChI=1S/C13H17Cl2NO/c1-9-6-13(17,8-16(9)2)7-10-11(14)4-3-5-12(10)15/h3-5,9,17H,6-8H2,1-2H3. The van der Waals surface area contributed by atoms with E-state index >= 15 is 0 Å². The van der Waals surface area contributed by atoms with Crippen LogP contribution in [0.15, 0.2) is 18.2 Å². The summed E-state index contributed by atoms with van der Waals surface area (Å²) < 4.78 is 0. The van der Waals surface area contributed by atoms with Crippen molar-refractivity contribution in [2.45, 2.75) is 31.4 Å². The second-order valence-electron chi connectivity index (χ2n) is 5.07. The Morgan fingerprint density at radius 1 is 1.41 bits per heavy atom. The van der Waals surface area contributed by atoms with Crippen LogP contribution < -0.4 is 0 Å². The van der Waals surface area contributed by atoms with Crippen LogP contribution >= 0.6 is 23.2 Å². The van der Waals surface area contributed by atoms with Crippen LogP contribution in [0.25, 0.3) is 0 Å². The number of hydrogen-bond donors (Lipinski definition) is 1. The molecule has 2 nitrogen and oxygen atoms in total. The largest absolute Gasteiger partial charge is 0.388 e. The summed E-state index contributed by atoms with van der Waals surface area (Å²) in [5.41, 5.74) is 0.129. The molecule has 2 rings (SSSR count). The van der Waals surface area contributed by atoms with Gasteiger partial charge in [0.2, 0.25) is 0 Å². The summed E-state index contributed by atoms with van der Waals surface area (Å²) in [6.07, 6.45) is 1.27. The molecular formula is C13H17Cl2NO. The highest BCUT2D eigenvalue weighted by molar-refractivity contribution is 6.36. The number of likely N-dealkylation sites (N-methyl/N-ethyl adjacent to an activating group) is 1. The summed E-state index contributed by atoms with van der Waals surface area (Å²) in [5.74, 6) is 0. The van der Waals surface area contributed by atoms with Crippen molar-refractivity contribution in [3.8, 4) is 0 Å². The lowest BCUT2D eigenvalue weighted by Gasteiger charge is -2.23. The number of likely N-dealkylation sites (tertiary alicyclic amines) is 1. The van der Waals surface area contributed by atoms with Crippen molar-refractivity contribution in [2.75, 3.05) is 13.6 Å². The van der Waals surface area contributed by atoms with Gasteiger partial charge in [0.05, 0.1) is 5.60 Å². The molecule has 1 aromatic carbocycles. The Morgan fingerprint density at radius 3 is 2.47 bits per heavy atom. The van der Waals surface area contributed by atoms with Gasteiger partial charge in [0.1, 0.15) is 0 Å². The first kappa shape index (κ1) is 13.2. The Balaban J connectivity index is 2.21. The zero-order valence-corrected chi connectivity index (χ0v) is 11.6. The molecule has 1 aromatic rings. The number of halogens is 2. The third-order valence-electron chi connectivity index (χ3n) is 3.54. The molecule has 1 fully saturated rings. The van der Waals surface area contributed by atoms with Crippen LogP contribution in [0.4, 0.5) is 0 Å². The third-order valence-corrected chi connectivity index (χ3v) is 4.25. The monoisotopic (exact) mass is 273 g/mol. The van der Waals surface area contributed by atoms with Gasteiger partial charge in [-0.1, -0.05) is 29.3 Å².